The van der Waals surface area contributed by atoms with Crippen LogP contribution in [-0.4, -0.2) is 27.5 Å². The molecule has 1 N–H and O–H groups in total. The Bertz CT molecular complexity index is 228. The molecule has 0 unspecified atom stereocenters. The van der Waals surface area contributed by atoms with Crippen LogP contribution in [0, 0.1) is 0 Å². The van der Waals surface area contributed by atoms with Crippen molar-refractivity contribution in [3.05, 3.63) is 0 Å². The van der Waals surface area contributed by atoms with Crippen molar-refractivity contribution >= 4 is 8.72 Å². The summed E-state index contributed by atoms with van der Waals surface area (Å²) in [6, 6.07) is 0. The van der Waals surface area contributed by atoms with Crippen molar-refractivity contribution in [1.82, 2.24) is 4.98 Å². The van der Waals surface area contributed by atoms with E-state index in [4.69, 9.17) is 8.85 Å². The van der Waals surface area contributed by atoms with E-state index < -0.39 is 8.72 Å². The molecular weight excluding hydrogens is 242 g/mol. The standard InChI is InChI=1S/C14H31NO2Si/c1-6-16-18(17-7-2,15-14(3,4)5)13-11-9-8-10-12-13/h13,15H,6-12H2,1-5H3. The summed E-state index contributed by atoms with van der Waals surface area (Å²) in [6.45, 7) is 12.3. The van der Waals surface area contributed by atoms with Gasteiger partial charge in [0.05, 0.1) is 0 Å². The first kappa shape index (κ1) is 16.2. The summed E-state index contributed by atoms with van der Waals surface area (Å²) in [5.74, 6) is 0. The van der Waals surface area contributed by atoms with E-state index in [2.05, 4.69) is 39.6 Å². The lowest BCUT2D eigenvalue weighted by atomic mass is 10.0. The monoisotopic (exact) mass is 273 g/mol. The van der Waals surface area contributed by atoms with E-state index >= 15 is 0 Å². The molecule has 0 amide bonds. The highest BCUT2D eigenvalue weighted by atomic mass is 28.4. The molecule has 18 heavy (non-hydrogen) atoms. The Morgan fingerprint density at radius 1 is 1.00 bits per heavy atom. The normalized spacial score (nSPS) is 19.2. The summed E-state index contributed by atoms with van der Waals surface area (Å²) in [5, 5.41) is 0. The van der Waals surface area contributed by atoms with E-state index in [1.807, 2.05) is 0 Å². The highest BCUT2D eigenvalue weighted by Crippen LogP contribution is 2.37. The molecule has 0 atom stereocenters. The Labute approximate surface area is 114 Å². The first-order chi connectivity index (χ1) is 8.43. The molecule has 0 bridgehead atoms. The third-order valence-electron chi connectivity index (χ3n) is 3.41. The molecule has 1 rings (SSSR count). The number of hydrogen-bond acceptors (Lipinski definition) is 3. The Kier molecular flexibility index (Phi) is 6.31. The van der Waals surface area contributed by atoms with Crippen LogP contribution in [0.3, 0.4) is 0 Å². The summed E-state index contributed by atoms with van der Waals surface area (Å²) in [5.41, 5.74) is 0.652. The van der Waals surface area contributed by atoms with Crippen LogP contribution in [0.4, 0.5) is 0 Å². The summed E-state index contributed by atoms with van der Waals surface area (Å²) in [7, 11) is -2.28. The highest BCUT2D eigenvalue weighted by molar-refractivity contribution is 6.66. The molecule has 1 aliphatic rings. The predicted molar refractivity (Wildman–Crippen MR) is 78.7 cm³/mol. The molecule has 0 radical (unpaired) electrons. The molecule has 1 saturated carbocycles. The van der Waals surface area contributed by atoms with E-state index in [1.165, 1.54) is 32.1 Å². The van der Waals surface area contributed by atoms with Gasteiger partial charge in [-0.1, -0.05) is 19.3 Å². The van der Waals surface area contributed by atoms with Gasteiger partial charge in [0.2, 0.25) is 0 Å². The third-order valence-corrected chi connectivity index (χ3v) is 7.60. The van der Waals surface area contributed by atoms with Crippen LogP contribution in [0.5, 0.6) is 0 Å². The van der Waals surface area contributed by atoms with E-state index in [-0.39, 0.29) is 5.54 Å². The molecule has 1 fully saturated rings. The molecule has 108 valence electrons. The summed E-state index contributed by atoms with van der Waals surface area (Å²) < 4.78 is 12.4. The zero-order valence-corrected chi connectivity index (χ0v) is 13.8. The van der Waals surface area contributed by atoms with Gasteiger partial charge in [-0.3, -0.25) is 4.98 Å². The highest BCUT2D eigenvalue weighted by Gasteiger charge is 2.48. The van der Waals surface area contributed by atoms with Gasteiger partial charge < -0.3 is 8.85 Å². The van der Waals surface area contributed by atoms with Gasteiger partial charge in [0.25, 0.3) is 0 Å². The second-order valence-corrected chi connectivity index (χ2v) is 9.22. The van der Waals surface area contributed by atoms with Crippen LogP contribution in [-0.2, 0) is 8.85 Å². The van der Waals surface area contributed by atoms with Gasteiger partial charge in [-0.2, -0.15) is 0 Å². The molecule has 4 heteroatoms. The average molecular weight is 273 g/mol. The van der Waals surface area contributed by atoms with E-state index in [1.54, 1.807) is 0 Å². The number of nitrogens with one attached hydrogen (secondary N) is 1. The van der Waals surface area contributed by atoms with Crippen molar-refractivity contribution < 1.29 is 8.85 Å². The quantitative estimate of drug-likeness (QED) is 0.748. The minimum Gasteiger partial charge on any atom is -0.383 e. The third kappa shape index (κ3) is 4.65. The lowest BCUT2D eigenvalue weighted by Crippen LogP contribution is -2.65. The lowest BCUT2D eigenvalue weighted by Gasteiger charge is -2.42. The first-order valence-electron chi connectivity index (χ1n) is 7.50. The van der Waals surface area contributed by atoms with Crippen molar-refractivity contribution in [3.63, 3.8) is 0 Å². The van der Waals surface area contributed by atoms with Crippen LogP contribution in [0.15, 0.2) is 0 Å². The van der Waals surface area contributed by atoms with Gasteiger partial charge in [-0.15, -0.1) is 0 Å². The van der Waals surface area contributed by atoms with Crippen LogP contribution in [0.1, 0.15) is 66.7 Å². The van der Waals surface area contributed by atoms with Crippen LogP contribution < -0.4 is 4.98 Å². The first-order valence-corrected chi connectivity index (χ1v) is 9.40. The second kappa shape index (κ2) is 7.03. The average Bonchev–Trinajstić information content (AvgIpc) is 2.28. The molecular formula is C14H31NO2Si. The van der Waals surface area contributed by atoms with Crippen molar-refractivity contribution in [2.24, 2.45) is 0 Å². The Morgan fingerprint density at radius 2 is 1.50 bits per heavy atom. The topological polar surface area (TPSA) is 30.5 Å². The predicted octanol–water partition coefficient (Wildman–Crippen LogP) is 3.72. The van der Waals surface area contributed by atoms with Gasteiger partial charge in [-0.25, -0.2) is 0 Å². The molecule has 0 aromatic heterocycles. The molecule has 0 saturated heterocycles. The van der Waals surface area contributed by atoms with Crippen LogP contribution >= 0.6 is 0 Å². The Balaban J connectivity index is 2.87. The number of hydrogen-bond donors (Lipinski definition) is 1. The second-order valence-electron chi connectivity index (χ2n) is 6.24. The fourth-order valence-electron chi connectivity index (χ4n) is 2.89. The fourth-order valence-corrected chi connectivity index (χ4v) is 6.86. The lowest BCUT2D eigenvalue weighted by molar-refractivity contribution is 0.142. The molecule has 3 nitrogen and oxygen atoms in total. The molecule has 0 aromatic carbocycles. The molecule has 0 aromatic rings. The van der Waals surface area contributed by atoms with Gasteiger partial charge >= 0.3 is 8.72 Å². The smallest absolute Gasteiger partial charge is 0.383 e. The largest absolute Gasteiger partial charge is 0.428 e. The molecule has 1 aliphatic carbocycles. The molecule has 0 spiro atoms. The van der Waals surface area contributed by atoms with Gasteiger partial charge in [0.1, 0.15) is 0 Å². The molecule has 0 aliphatic heterocycles. The summed E-state index contributed by atoms with van der Waals surface area (Å²) >= 11 is 0. The van der Waals surface area contributed by atoms with E-state index in [0.29, 0.717) is 5.54 Å². The van der Waals surface area contributed by atoms with Crippen LogP contribution in [0.25, 0.3) is 0 Å². The summed E-state index contributed by atoms with van der Waals surface area (Å²) in [6.07, 6.45) is 6.54. The van der Waals surface area contributed by atoms with Crippen molar-refractivity contribution in [3.8, 4) is 0 Å². The maximum Gasteiger partial charge on any atom is 0.428 e. The van der Waals surface area contributed by atoms with Gasteiger partial charge in [0.15, 0.2) is 0 Å². The van der Waals surface area contributed by atoms with Crippen molar-refractivity contribution in [2.45, 2.75) is 77.8 Å². The minimum absolute atomic E-state index is 0.0496. The van der Waals surface area contributed by atoms with Gasteiger partial charge in [-0.05, 0) is 47.5 Å². The minimum atomic E-state index is -2.28. The Hall–Kier alpha value is 0.0969. The van der Waals surface area contributed by atoms with Gasteiger partial charge in [0, 0.05) is 24.3 Å². The Morgan fingerprint density at radius 3 is 1.89 bits per heavy atom. The van der Waals surface area contributed by atoms with Crippen LogP contribution in [0.2, 0.25) is 5.54 Å². The fraction of sp³-hybridized carbons (Fsp3) is 1.00. The molecule has 0 heterocycles. The van der Waals surface area contributed by atoms with Crippen molar-refractivity contribution in [1.29, 1.82) is 0 Å². The summed E-state index contributed by atoms with van der Waals surface area (Å²) in [4.78, 5) is 3.74. The van der Waals surface area contributed by atoms with E-state index in [9.17, 15) is 0 Å². The zero-order valence-electron chi connectivity index (χ0n) is 12.8. The number of rotatable bonds is 6. The SMILES string of the molecule is CCO[Si](NC(C)(C)C)(OCC)C1CCCCC1. The van der Waals surface area contributed by atoms with Crippen molar-refractivity contribution in [2.75, 3.05) is 13.2 Å². The maximum absolute atomic E-state index is 6.19. The maximum atomic E-state index is 6.19. The zero-order chi connectivity index (χ0) is 13.6. The van der Waals surface area contributed by atoms with E-state index in [0.717, 1.165) is 13.2 Å².